The van der Waals surface area contributed by atoms with Crippen molar-refractivity contribution in [1.29, 1.82) is 0 Å². The van der Waals surface area contributed by atoms with E-state index in [1.807, 2.05) is 24.3 Å². The van der Waals surface area contributed by atoms with Crippen molar-refractivity contribution in [2.75, 3.05) is 6.61 Å². The summed E-state index contributed by atoms with van der Waals surface area (Å²) in [6.07, 6.45) is 2.87. The van der Waals surface area contributed by atoms with Crippen LogP contribution in [0.3, 0.4) is 0 Å². The van der Waals surface area contributed by atoms with Gasteiger partial charge in [0.2, 0.25) is 0 Å². The molecule has 0 bridgehead atoms. The van der Waals surface area contributed by atoms with Crippen LogP contribution in [0, 0.1) is 6.92 Å². The standard InChI is InChI=1S/C12H16O/c1-3-5-10-13-12-8-6-11(4-2)7-9-12/h2,6-9H,3-5,10H2,1H3. The predicted molar refractivity (Wildman–Crippen MR) is 54.8 cm³/mol. The van der Waals surface area contributed by atoms with Gasteiger partial charge in [-0.05, 0) is 37.5 Å². The molecule has 1 heteroatoms. The Morgan fingerprint density at radius 2 is 1.92 bits per heavy atom. The second-order valence-corrected chi connectivity index (χ2v) is 3.05. The molecule has 0 heterocycles. The van der Waals surface area contributed by atoms with Crippen LogP contribution >= 0.6 is 0 Å². The highest BCUT2D eigenvalue weighted by molar-refractivity contribution is 5.27. The van der Waals surface area contributed by atoms with Crippen LogP contribution in [0.25, 0.3) is 0 Å². The van der Waals surface area contributed by atoms with Gasteiger partial charge < -0.3 is 4.74 Å². The average Bonchev–Trinajstić information content (AvgIpc) is 2.19. The fraction of sp³-hybridized carbons (Fsp3) is 0.417. The maximum atomic E-state index is 5.51. The quantitative estimate of drug-likeness (QED) is 0.626. The minimum atomic E-state index is 0.592. The minimum Gasteiger partial charge on any atom is -0.494 e. The summed E-state index contributed by atoms with van der Waals surface area (Å²) in [4.78, 5) is 0. The van der Waals surface area contributed by atoms with Gasteiger partial charge in [-0.1, -0.05) is 25.5 Å². The third-order valence-electron chi connectivity index (χ3n) is 1.93. The van der Waals surface area contributed by atoms with Crippen molar-refractivity contribution in [1.82, 2.24) is 0 Å². The van der Waals surface area contributed by atoms with Crippen LogP contribution in [0.5, 0.6) is 5.75 Å². The number of unbranched alkanes of at least 4 members (excludes halogenated alkanes) is 1. The van der Waals surface area contributed by atoms with Gasteiger partial charge in [0.25, 0.3) is 0 Å². The molecule has 13 heavy (non-hydrogen) atoms. The first-order valence-corrected chi connectivity index (χ1v) is 4.78. The molecule has 0 amide bonds. The first-order chi connectivity index (χ1) is 6.36. The van der Waals surface area contributed by atoms with Crippen molar-refractivity contribution >= 4 is 0 Å². The summed E-state index contributed by atoms with van der Waals surface area (Å²) < 4.78 is 5.51. The molecule has 0 unspecified atom stereocenters. The highest BCUT2D eigenvalue weighted by Gasteiger charge is 1.92. The van der Waals surface area contributed by atoms with E-state index in [1.54, 1.807) is 0 Å². The van der Waals surface area contributed by atoms with E-state index >= 15 is 0 Å². The Hall–Kier alpha value is -0.980. The van der Waals surface area contributed by atoms with E-state index in [9.17, 15) is 0 Å². The van der Waals surface area contributed by atoms with E-state index in [0.717, 1.165) is 24.3 Å². The lowest BCUT2D eigenvalue weighted by Gasteiger charge is -2.05. The molecule has 0 aromatic heterocycles. The smallest absolute Gasteiger partial charge is 0.119 e. The van der Waals surface area contributed by atoms with E-state index in [-0.39, 0.29) is 0 Å². The fourth-order valence-electron chi connectivity index (χ4n) is 1.06. The largest absolute Gasteiger partial charge is 0.494 e. The van der Waals surface area contributed by atoms with Gasteiger partial charge in [0.1, 0.15) is 5.75 Å². The summed E-state index contributed by atoms with van der Waals surface area (Å²) in [7, 11) is 0. The van der Waals surface area contributed by atoms with E-state index < -0.39 is 0 Å². The maximum Gasteiger partial charge on any atom is 0.119 e. The minimum absolute atomic E-state index is 0.592. The summed E-state index contributed by atoms with van der Waals surface area (Å²) in [5.41, 5.74) is 1.14. The molecule has 1 aromatic carbocycles. The van der Waals surface area contributed by atoms with Gasteiger partial charge >= 0.3 is 0 Å². The molecular formula is C12H16O. The van der Waals surface area contributed by atoms with E-state index in [0.29, 0.717) is 6.42 Å². The van der Waals surface area contributed by atoms with E-state index in [1.165, 1.54) is 6.42 Å². The SMILES string of the molecule is [CH]Cc1ccc(OCCCC)cc1. The van der Waals surface area contributed by atoms with Crippen LogP contribution in [-0.2, 0) is 6.42 Å². The molecule has 0 aliphatic carbocycles. The molecule has 2 radical (unpaired) electrons. The molecule has 0 aliphatic heterocycles. The van der Waals surface area contributed by atoms with Gasteiger partial charge in [-0.2, -0.15) is 0 Å². The molecule has 0 saturated heterocycles. The van der Waals surface area contributed by atoms with Gasteiger partial charge in [-0.25, -0.2) is 0 Å². The summed E-state index contributed by atoms with van der Waals surface area (Å²) in [6, 6.07) is 7.94. The van der Waals surface area contributed by atoms with Crippen molar-refractivity contribution in [2.45, 2.75) is 26.2 Å². The van der Waals surface area contributed by atoms with Crippen molar-refractivity contribution in [3.63, 3.8) is 0 Å². The van der Waals surface area contributed by atoms with Gasteiger partial charge in [0.15, 0.2) is 0 Å². The molecule has 1 nitrogen and oxygen atoms in total. The number of rotatable bonds is 5. The molecular weight excluding hydrogens is 160 g/mol. The molecule has 0 spiro atoms. The maximum absolute atomic E-state index is 5.51. The third kappa shape index (κ3) is 3.49. The van der Waals surface area contributed by atoms with Gasteiger partial charge in [0.05, 0.1) is 6.61 Å². The van der Waals surface area contributed by atoms with Gasteiger partial charge in [0, 0.05) is 0 Å². The first-order valence-electron chi connectivity index (χ1n) is 4.78. The Morgan fingerprint density at radius 1 is 1.23 bits per heavy atom. The number of ether oxygens (including phenoxy) is 1. The van der Waals surface area contributed by atoms with Crippen LogP contribution in [-0.4, -0.2) is 6.61 Å². The predicted octanol–water partition coefficient (Wildman–Crippen LogP) is 3.12. The monoisotopic (exact) mass is 176 g/mol. The Balaban J connectivity index is 2.40. The first kappa shape index (κ1) is 10.1. The van der Waals surface area contributed by atoms with Gasteiger partial charge in [-0.3, -0.25) is 0 Å². The van der Waals surface area contributed by atoms with Crippen LogP contribution in [0.2, 0.25) is 0 Å². The fourth-order valence-corrected chi connectivity index (χ4v) is 1.06. The molecule has 0 N–H and O–H groups in total. The summed E-state index contributed by atoms with van der Waals surface area (Å²) in [5.74, 6) is 0.936. The molecule has 1 rings (SSSR count). The Labute approximate surface area is 80.7 Å². The van der Waals surface area contributed by atoms with Crippen molar-refractivity contribution in [3.8, 4) is 5.75 Å². The lowest BCUT2D eigenvalue weighted by Crippen LogP contribution is -1.96. The van der Waals surface area contributed by atoms with E-state index in [2.05, 4.69) is 6.92 Å². The van der Waals surface area contributed by atoms with Crippen LogP contribution in [0.1, 0.15) is 25.3 Å². The van der Waals surface area contributed by atoms with E-state index in [4.69, 9.17) is 11.7 Å². The highest BCUT2D eigenvalue weighted by Crippen LogP contribution is 2.12. The molecule has 0 fully saturated rings. The zero-order valence-electron chi connectivity index (χ0n) is 8.12. The average molecular weight is 176 g/mol. The number of benzene rings is 1. The van der Waals surface area contributed by atoms with Crippen molar-refractivity contribution in [3.05, 3.63) is 36.8 Å². The van der Waals surface area contributed by atoms with Crippen LogP contribution < -0.4 is 4.74 Å². The lowest BCUT2D eigenvalue weighted by molar-refractivity contribution is 0.309. The molecule has 0 aliphatic rings. The summed E-state index contributed by atoms with van der Waals surface area (Å²) in [5, 5.41) is 0. The van der Waals surface area contributed by atoms with Crippen molar-refractivity contribution < 1.29 is 4.74 Å². The van der Waals surface area contributed by atoms with Crippen LogP contribution in [0.4, 0.5) is 0 Å². The highest BCUT2D eigenvalue weighted by atomic mass is 16.5. The molecule has 0 atom stereocenters. The van der Waals surface area contributed by atoms with Gasteiger partial charge in [-0.15, -0.1) is 0 Å². The van der Waals surface area contributed by atoms with Crippen LogP contribution in [0.15, 0.2) is 24.3 Å². The summed E-state index contributed by atoms with van der Waals surface area (Å²) in [6.45, 7) is 8.44. The molecule has 70 valence electrons. The second-order valence-electron chi connectivity index (χ2n) is 3.05. The Bertz CT molecular complexity index is 225. The summed E-state index contributed by atoms with van der Waals surface area (Å²) >= 11 is 0. The topological polar surface area (TPSA) is 9.23 Å². The zero-order chi connectivity index (χ0) is 9.52. The Kier molecular flexibility index (Phi) is 4.37. The van der Waals surface area contributed by atoms with Crippen molar-refractivity contribution in [2.24, 2.45) is 0 Å². The molecule has 0 saturated carbocycles. The zero-order valence-corrected chi connectivity index (χ0v) is 8.12. The molecule has 1 aromatic rings. The third-order valence-corrected chi connectivity index (χ3v) is 1.93. The normalized spacial score (nSPS) is 10.0. The Morgan fingerprint density at radius 3 is 2.46 bits per heavy atom. The number of hydrogen-bond acceptors (Lipinski definition) is 1. The lowest BCUT2D eigenvalue weighted by atomic mass is 10.2. The second kappa shape index (κ2) is 5.63. The number of hydrogen-bond donors (Lipinski definition) is 0.